The normalized spacial score (nSPS) is 15.9. The van der Waals surface area contributed by atoms with Gasteiger partial charge in [-0.3, -0.25) is 4.79 Å². The first-order chi connectivity index (χ1) is 11.5. The zero-order valence-electron chi connectivity index (χ0n) is 13.4. The molecule has 1 aromatic carbocycles. The summed E-state index contributed by atoms with van der Waals surface area (Å²) in [6, 6.07) is 8.49. The van der Waals surface area contributed by atoms with Crippen LogP contribution in [0.5, 0.6) is 0 Å². The first-order valence-corrected chi connectivity index (χ1v) is 9.56. The monoisotopic (exact) mass is 403 g/mol. The summed E-state index contributed by atoms with van der Waals surface area (Å²) in [5, 5.41) is 12.8. The summed E-state index contributed by atoms with van der Waals surface area (Å²) in [5.41, 5.74) is 1.54. The summed E-state index contributed by atoms with van der Waals surface area (Å²) in [7, 11) is 0. The third-order valence-corrected chi connectivity index (χ3v) is 6.28. The van der Waals surface area contributed by atoms with Crippen LogP contribution in [0.4, 0.5) is 5.13 Å². The molecule has 1 saturated carbocycles. The molecule has 0 saturated heterocycles. The van der Waals surface area contributed by atoms with Crippen LogP contribution in [-0.4, -0.2) is 10.9 Å². The average molecular weight is 404 g/mol. The number of aryl methyl sites for hydroxylation is 1. The maximum absolute atomic E-state index is 12.4. The van der Waals surface area contributed by atoms with Gasteiger partial charge in [0.25, 0.3) is 0 Å². The van der Waals surface area contributed by atoms with Crippen molar-refractivity contribution in [1.29, 1.82) is 5.26 Å². The van der Waals surface area contributed by atoms with Gasteiger partial charge < -0.3 is 5.32 Å². The molecule has 24 heavy (non-hydrogen) atoms. The molecule has 1 amide bonds. The Hall–Kier alpha value is -1.71. The second kappa shape index (κ2) is 7.04. The van der Waals surface area contributed by atoms with Crippen LogP contribution in [0, 0.1) is 23.7 Å². The second-order valence-corrected chi connectivity index (χ2v) is 8.22. The van der Waals surface area contributed by atoms with Crippen molar-refractivity contribution in [3.05, 3.63) is 44.9 Å². The van der Waals surface area contributed by atoms with Gasteiger partial charge in [-0.25, -0.2) is 4.98 Å². The number of halogens is 1. The van der Waals surface area contributed by atoms with E-state index in [1.165, 1.54) is 22.5 Å². The molecule has 0 aliphatic heterocycles. The predicted octanol–water partition coefficient (Wildman–Crippen LogP) is 4.83. The van der Waals surface area contributed by atoms with E-state index in [2.05, 4.69) is 51.4 Å². The van der Waals surface area contributed by atoms with Crippen LogP contribution in [0.1, 0.15) is 41.7 Å². The van der Waals surface area contributed by atoms with E-state index in [0.29, 0.717) is 18.0 Å². The van der Waals surface area contributed by atoms with Crippen LogP contribution in [0.2, 0.25) is 0 Å². The van der Waals surface area contributed by atoms with Crippen molar-refractivity contribution < 1.29 is 4.79 Å². The first kappa shape index (κ1) is 17.1. The van der Waals surface area contributed by atoms with Crippen molar-refractivity contribution in [2.24, 2.45) is 5.41 Å². The first-order valence-electron chi connectivity index (χ1n) is 7.95. The Bertz CT molecular complexity index is 803. The molecular weight excluding hydrogens is 386 g/mol. The van der Waals surface area contributed by atoms with E-state index in [9.17, 15) is 10.1 Å². The fourth-order valence-corrected chi connectivity index (χ4v) is 4.14. The number of nitriles is 1. The molecule has 6 heteroatoms. The van der Waals surface area contributed by atoms with Gasteiger partial charge in [0.1, 0.15) is 5.41 Å². The fraction of sp³-hybridized carbons (Fsp3) is 0.389. The molecule has 0 spiro atoms. The zero-order valence-corrected chi connectivity index (χ0v) is 15.8. The summed E-state index contributed by atoms with van der Waals surface area (Å²) in [5.74, 6) is -0.206. The van der Waals surface area contributed by atoms with Gasteiger partial charge in [0.15, 0.2) is 5.13 Å². The van der Waals surface area contributed by atoms with Crippen molar-refractivity contribution in [2.45, 2.75) is 39.0 Å². The molecule has 1 N–H and O–H groups in total. The lowest BCUT2D eigenvalue weighted by Gasteiger charge is -2.17. The number of hydrogen-bond acceptors (Lipinski definition) is 4. The standard InChI is InChI=1S/C18H18BrN3OS/c1-12-8-13(4-5-15(12)19)9-14-10-21-17(24-14)22-16(23)18(11-20)6-2-3-7-18/h4-5,8,10H,2-3,6-7,9H2,1H3,(H,21,22,23). The molecule has 0 bridgehead atoms. The molecule has 1 aliphatic carbocycles. The number of amides is 1. The van der Waals surface area contributed by atoms with Crippen LogP contribution in [0.25, 0.3) is 0 Å². The van der Waals surface area contributed by atoms with Crippen LogP contribution in [-0.2, 0) is 11.2 Å². The lowest BCUT2D eigenvalue weighted by Crippen LogP contribution is -2.32. The van der Waals surface area contributed by atoms with E-state index in [4.69, 9.17) is 0 Å². The third kappa shape index (κ3) is 3.52. The van der Waals surface area contributed by atoms with E-state index < -0.39 is 5.41 Å². The zero-order chi connectivity index (χ0) is 17.2. The number of hydrogen-bond donors (Lipinski definition) is 1. The van der Waals surface area contributed by atoms with Gasteiger partial charge >= 0.3 is 0 Å². The summed E-state index contributed by atoms with van der Waals surface area (Å²) >= 11 is 4.98. The molecule has 0 atom stereocenters. The molecule has 124 valence electrons. The second-order valence-electron chi connectivity index (χ2n) is 6.25. The Morgan fingerprint density at radius 2 is 2.21 bits per heavy atom. The topological polar surface area (TPSA) is 65.8 Å². The summed E-state index contributed by atoms with van der Waals surface area (Å²) in [6.45, 7) is 2.06. The Morgan fingerprint density at radius 1 is 1.46 bits per heavy atom. The molecule has 1 fully saturated rings. The average Bonchev–Trinajstić information content (AvgIpc) is 3.21. The molecule has 0 unspecified atom stereocenters. The summed E-state index contributed by atoms with van der Waals surface area (Å²) in [6.07, 6.45) is 5.74. The highest BCUT2D eigenvalue weighted by Gasteiger charge is 2.41. The van der Waals surface area contributed by atoms with Crippen molar-refractivity contribution in [1.82, 2.24) is 4.98 Å². The SMILES string of the molecule is Cc1cc(Cc2cnc(NC(=O)C3(C#N)CCCC3)s2)ccc1Br. The third-order valence-electron chi connectivity index (χ3n) is 4.48. The minimum Gasteiger partial charge on any atom is -0.301 e. The predicted molar refractivity (Wildman–Crippen MR) is 98.9 cm³/mol. The number of anilines is 1. The Morgan fingerprint density at radius 3 is 2.88 bits per heavy atom. The van der Waals surface area contributed by atoms with Gasteiger partial charge in [-0.05, 0) is 37.0 Å². The molecule has 3 rings (SSSR count). The highest BCUT2D eigenvalue weighted by molar-refractivity contribution is 9.10. The van der Waals surface area contributed by atoms with Gasteiger partial charge in [0, 0.05) is 22.0 Å². The highest BCUT2D eigenvalue weighted by Crippen LogP contribution is 2.38. The van der Waals surface area contributed by atoms with Gasteiger partial charge in [-0.2, -0.15) is 5.26 Å². The number of nitrogens with one attached hydrogen (secondary N) is 1. The largest absolute Gasteiger partial charge is 0.301 e. The number of rotatable bonds is 4. The lowest BCUT2D eigenvalue weighted by molar-refractivity contribution is -0.122. The minimum absolute atomic E-state index is 0.206. The number of nitrogens with zero attached hydrogens (tertiary/aromatic N) is 2. The highest BCUT2D eigenvalue weighted by atomic mass is 79.9. The van der Waals surface area contributed by atoms with Gasteiger partial charge in [-0.1, -0.05) is 40.9 Å². The quantitative estimate of drug-likeness (QED) is 0.794. The Labute approximate surface area is 154 Å². The van der Waals surface area contributed by atoms with Crippen molar-refractivity contribution in [3.63, 3.8) is 0 Å². The lowest BCUT2D eigenvalue weighted by atomic mass is 9.87. The van der Waals surface area contributed by atoms with E-state index >= 15 is 0 Å². The van der Waals surface area contributed by atoms with E-state index in [0.717, 1.165) is 28.6 Å². The van der Waals surface area contributed by atoms with E-state index in [1.54, 1.807) is 6.20 Å². The van der Waals surface area contributed by atoms with Crippen LogP contribution >= 0.6 is 27.3 Å². The molecular formula is C18H18BrN3OS. The smallest absolute Gasteiger partial charge is 0.246 e. The van der Waals surface area contributed by atoms with Crippen molar-refractivity contribution in [3.8, 4) is 6.07 Å². The fourth-order valence-electron chi connectivity index (χ4n) is 3.05. The molecule has 4 nitrogen and oxygen atoms in total. The maximum Gasteiger partial charge on any atom is 0.246 e. The molecule has 0 radical (unpaired) electrons. The molecule has 1 aromatic heterocycles. The van der Waals surface area contributed by atoms with E-state index in [-0.39, 0.29) is 5.91 Å². The minimum atomic E-state index is -0.866. The number of carbonyl (C=O) groups is 1. The maximum atomic E-state index is 12.4. The van der Waals surface area contributed by atoms with Crippen LogP contribution in [0.15, 0.2) is 28.9 Å². The van der Waals surface area contributed by atoms with Gasteiger partial charge in [0.05, 0.1) is 6.07 Å². The van der Waals surface area contributed by atoms with Crippen molar-refractivity contribution >= 4 is 38.3 Å². The summed E-state index contributed by atoms with van der Waals surface area (Å²) in [4.78, 5) is 17.8. The number of benzene rings is 1. The Balaban J connectivity index is 1.68. The van der Waals surface area contributed by atoms with Crippen LogP contribution in [0.3, 0.4) is 0 Å². The van der Waals surface area contributed by atoms with Crippen molar-refractivity contribution in [2.75, 3.05) is 5.32 Å². The molecule has 2 aromatic rings. The van der Waals surface area contributed by atoms with Crippen LogP contribution < -0.4 is 5.32 Å². The Kier molecular flexibility index (Phi) is 5.02. The van der Waals surface area contributed by atoms with Gasteiger partial charge in [-0.15, -0.1) is 11.3 Å². The molecule has 1 aliphatic rings. The number of carbonyl (C=O) groups excluding carboxylic acids is 1. The van der Waals surface area contributed by atoms with E-state index in [1.807, 2.05) is 6.07 Å². The van der Waals surface area contributed by atoms with Gasteiger partial charge in [0.2, 0.25) is 5.91 Å². The molecule has 1 heterocycles. The number of thiazole rings is 1. The summed E-state index contributed by atoms with van der Waals surface area (Å²) < 4.78 is 1.10. The number of aromatic nitrogens is 1.